The molecule has 0 radical (unpaired) electrons. The summed E-state index contributed by atoms with van der Waals surface area (Å²) in [4.78, 5) is 13.6. The first-order valence-electron chi connectivity index (χ1n) is 7.37. The number of nitrogens with zero attached hydrogens (tertiary/aromatic N) is 4. The quantitative estimate of drug-likeness (QED) is 0.703. The lowest BCUT2D eigenvalue weighted by atomic mass is 10.2. The highest BCUT2D eigenvalue weighted by Crippen LogP contribution is 2.36. The van der Waals surface area contributed by atoms with Gasteiger partial charge in [-0.1, -0.05) is 0 Å². The summed E-state index contributed by atoms with van der Waals surface area (Å²) >= 11 is 1.40. The van der Waals surface area contributed by atoms with Crippen LogP contribution in [0.4, 0.5) is 0 Å². The van der Waals surface area contributed by atoms with Crippen molar-refractivity contribution in [2.75, 3.05) is 12.0 Å². The van der Waals surface area contributed by atoms with Gasteiger partial charge in [-0.2, -0.15) is 11.3 Å². The van der Waals surface area contributed by atoms with E-state index in [2.05, 4.69) is 20.7 Å². The van der Waals surface area contributed by atoms with Gasteiger partial charge in [-0.15, -0.1) is 15.0 Å². The monoisotopic (exact) mass is 370 g/mol. The van der Waals surface area contributed by atoms with Crippen molar-refractivity contribution in [3.63, 3.8) is 0 Å². The molecule has 1 aliphatic rings. The molecular weight excluding hydrogens is 352 g/mol. The standard InChI is InChI=1S/C13H18N6O3S2/c1-24(21,22)7-3-10(15-12(20)9-2-6-23-8-9)11-16-18-19(17-11)13(14)4-5-13/h2,6,8,10H,3-5,7,14H2,1H3,(H,15,20)/t10-/m0/s1. The summed E-state index contributed by atoms with van der Waals surface area (Å²) in [6.45, 7) is 0. The van der Waals surface area contributed by atoms with Crippen molar-refractivity contribution in [1.82, 2.24) is 25.5 Å². The second-order valence-electron chi connectivity index (χ2n) is 6.00. The SMILES string of the molecule is CS(=O)(=O)CC[C@H](NC(=O)c1ccsc1)c1nnn(C2(N)CC2)n1. The Bertz CT molecular complexity index is 826. The van der Waals surface area contributed by atoms with Gasteiger partial charge in [0.05, 0.1) is 17.4 Å². The van der Waals surface area contributed by atoms with Crippen LogP contribution in [-0.2, 0) is 15.5 Å². The number of carbonyl (C=O) groups is 1. The van der Waals surface area contributed by atoms with E-state index in [1.54, 1.807) is 16.8 Å². The maximum Gasteiger partial charge on any atom is 0.252 e. The summed E-state index contributed by atoms with van der Waals surface area (Å²) in [5.41, 5.74) is 5.92. The zero-order valence-corrected chi connectivity index (χ0v) is 14.7. The number of hydrogen-bond donors (Lipinski definition) is 2. The number of sulfone groups is 1. The topological polar surface area (TPSA) is 133 Å². The largest absolute Gasteiger partial charge is 0.342 e. The lowest BCUT2D eigenvalue weighted by Gasteiger charge is -2.14. The highest BCUT2D eigenvalue weighted by Gasteiger charge is 2.43. The molecule has 3 N–H and O–H groups in total. The lowest BCUT2D eigenvalue weighted by Crippen LogP contribution is -2.32. The molecule has 0 unspecified atom stereocenters. The molecule has 0 saturated heterocycles. The van der Waals surface area contributed by atoms with E-state index in [1.165, 1.54) is 16.1 Å². The van der Waals surface area contributed by atoms with Crippen LogP contribution in [0, 0.1) is 0 Å². The van der Waals surface area contributed by atoms with E-state index in [-0.39, 0.29) is 23.9 Å². The first-order valence-corrected chi connectivity index (χ1v) is 10.4. The molecule has 1 fully saturated rings. The van der Waals surface area contributed by atoms with Crippen molar-refractivity contribution in [1.29, 1.82) is 0 Å². The molecule has 0 spiro atoms. The van der Waals surface area contributed by atoms with Crippen LogP contribution in [0.25, 0.3) is 0 Å². The Morgan fingerprint density at radius 1 is 1.54 bits per heavy atom. The van der Waals surface area contributed by atoms with Crippen molar-refractivity contribution in [3.8, 4) is 0 Å². The van der Waals surface area contributed by atoms with Gasteiger partial charge in [0.1, 0.15) is 15.5 Å². The van der Waals surface area contributed by atoms with Gasteiger partial charge in [-0.3, -0.25) is 4.79 Å². The summed E-state index contributed by atoms with van der Waals surface area (Å²) in [7, 11) is -3.18. The molecule has 130 valence electrons. The van der Waals surface area contributed by atoms with E-state index >= 15 is 0 Å². The average molecular weight is 370 g/mol. The number of aromatic nitrogens is 4. The van der Waals surface area contributed by atoms with E-state index in [9.17, 15) is 13.2 Å². The Labute approximate surface area is 143 Å². The van der Waals surface area contributed by atoms with Crippen LogP contribution < -0.4 is 11.1 Å². The van der Waals surface area contributed by atoms with E-state index < -0.39 is 21.5 Å². The molecule has 9 nitrogen and oxygen atoms in total. The third-order valence-electron chi connectivity index (χ3n) is 3.77. The second-order valence-corrected chi connectivity index (χ2v) is 9.04. The Balaban J connectivity index is 1.78. The number of hydrogen-bond acceptors (Lipinski definition) is 8. The molecule has 1 atom stereocenters. The molecule has 2 aromatic rings. The number of tetrazole rings is 1. The molecule has 24 heavy (non-hydrogen) atoms. The fourth-order valence-electron chi connectivity index (χ4n) is 2.11. The molecule has 1 saturated carbocycles. The Hall–Kier alpha value is -1.85. The molecule has 2 heterocycles. The van der Waals surface area contributed by atoms with Crippen molar-refractivity contribution >= 4 is 27.1 Å². The van der Waals surface area contributed by atoms with Gasteiger partial charge in [0, 0.05) is 11.6 Å². The number of amides is 1. The van der Waals surface area contributed by atoms with Gasteiger partial charge in [-0.25, -0.2) is 8.42 Å². The van der Waals surface area contributed by atoms with Crippen LogP contribution >= 0.6 is 11.3 Å². The minimum atomic E-state index is -3.18. The average Bonchev–Trinajstić information content (AvgIpc) is 3.00. The molecule has 0 aliphatic heterocycles. The van der Waals surface area contributed by atoms with Crippen molar-refractivity contribution in [2.24, 2.45) is 5.73 Å². The molecule has 2 aromatic heterocycles. The molecule has 1 amide bonds. The van der Waals surface area contributed by atoms with Gasteiger partial charge < -0.3 is 11.1 Å². The summed E-state index contributed by atoms with van der Waals surface area (Å²) in [6.07, 6.45) is 2.84. The normalized spacial score (nSPS) is 17.4. The maximum absolute atomic E-state index is 12.3. The smallest absolute Gasteiger partial charge is 0.252 e. The van der Waals surface area contributed by atoms with Crippen LogP contribution in [0.2, 0.25) is 0 Å². The Morgan fingerprint density at radius 2 is 2.29 bits per heavy atom. The Kier molecular flexibility index (Phi) is 4.40. The molecule has 11 heteroatoms. The summed E-state index contributed by atoms with van der Waals surface area (Å²) in [6, 6.07) is 1.04. The molecule has 0 aromatic carbocycles. The highest BCUT2D eigenvalue weighted by atomic mass is 32.2. The first-order chi connectivity index (χ1) is 11.3. The number of nitrogens with two attached hydrogens (primary N) is 1. The van der Waals surface area contributed by atoms with Gasteiger partial charge in [-0.05, 0) is 35.9 Å². The predicted octanol–water partition coefficient (Wildman–Crippen LogP) is 0.0457. The Morgan fingerprint density at radius 3 is 2.88 bits per heavy atom. The van der Waals surface area contributed by atoms with E-state index in [0.29, 0.717) is 5.56 Å². The van der Waals surface area contributed by atoms with E-state index in [1.807, 2.05) is 0 Å². The van der Waals surface area contributed by atoms with Crippen LogP contribution in [-0.4, -0.2) is 46.5 Å². The summed E-state index contributed by atoms with van der Waals surface area (Å²) in [5.74, 6) is -0.136. The first kappa shape index (κ1) is 17.0. The van der Waals surface area contributed by atoms with Crippen molar-refractivity contribution in [3.05, 3.63) is 28.2 Å². The molecular formula is C13H18N6O3S2. The van der Waals surface area contributed by atoms with Crippen molar-refractivity contribution < 1.29 is 13.2 Å². The molecule has 0 bridgehead atoms. The second kappa shape index (κ2) is 6.22. The fourth-order valence-corrected chi connectivity index (χ4v) is 3.41. The van der Waals surface area contributed by atoms with Gasteiger partial charge in [0.25, 0.3) is 5.91 Å². The van der Waals surface area contributed by atoms with E-state index in [0.717, 1.165) is 19.1 Å². The molecule has 3 rings (SSSR count). The maximum atomic E-state index is 12.3. The highest BCUT2D eigenvalue weighted by molar-refractivity contribution is 7.90. The van der Waals surface area contributed by atoms with Crippen LogP contribution in [0.3, 0.4) is 0 Å². The number of rotatable bonds is 7. The van der Waals surface area contributed by atoms with Gasteiger partial charge >= 0.3 is 0 Å². The van der Waals surface area contributed by atoms with Crippen LogP contribution in [0.1, 0.15) is 41.5 Å². The number of carbonyl (C=O) groups excluding carboxylic acids is 1. The summed E-state index contributed by atoms with van der Waals surface area (Å²) < 4.78 is 22.9. The van der Waals surface area contributed by atoms with Crippen LogP contribution in [0.15, 0.2) is 16.8 Å². The number of nitrogens with one attached hydrogen (secondary N) is 1. The lowest BCUT2D eigenvalue weighted by molar-refractivity contribution is 0.0934. The van der Waals surface area contributed by atoms with Crippen molar-refractivity contribution in [2.45, 2.75) is 31.0 Å². The van der Waals surface area contributed by atoms with E-state index in [4.69, 9.17) is 5.73 Å². The number of thiophene rings is 1. The third kappa shape index (κ3) is 3.97. The predicted molar refractivity (Wildman–Crippen MR) is 88.1 cm³/mol. The van der Waals surface area contributed by atoms with Crippen LogP contribution in [0.5, 0.6) is 0 Å². The fraction of sp³-hybridized carbons (Fsp3) is 0.538. The summed E-state index contributed by atoms with van der Waals surface area (Å²) in [5, 5.41) is 18.4. The minimum absolute atomic E-state index is 0.0934. The minimum Gasteiger partial charge on any atom is -0.342 e. The van der Waals surface area contributed by atoms with Gasteiger partial charge in [0.2, 0.25) is 0 Å². The zero-order valence-electron chi connectivity index (χ0n) is 13.0. The molecule has 1 aliphatic carbocycles. The zero-order chi connectivity index (χ0) is 17.4. The van der Waals surface area contributed by atoms with Gasteiger partial charge in [0.15, 0.2) is 5.82 Å². The third-order valence-corrected chi connectivity index (χ3v) is 5.43.